The van der Waals surface area contributed by atoms with Gasteiger partial charge in [-0.1, -0.05) is 0 Å². The summed E-state index contributed by atoms with van der Waals surface area (Å²) < 4.78 is 26.3. The highest BCUT2D eigenvalue weighted by molar-refractivity contribution is 7.14. The Morgan fingerprint density at radius 2 is 1.79 bits per heavy atom. The van der Waals surface area contributed by atoms with Crippen molar-refractivity contribution in [2.75, 3.05) is 31.5 Å². The minimum atomic E-state index is -1.09. The summed E-state index contributed by atoms with van der Waals surface area (Å²) >= 11 is 1.13. The van der Waals surface area contributed by atoms with Crippen molar-refractivity contribution < 1.29 is 18.4 Å². The number of thiazole rings is 1. The van der Waals surface area contributed by atoms with Crippen LogP contribution in [0.25, 0.3) is 0 Å². The van der Waals surface area contributed by atoms with Gasteiger partial charge in [-0.15, -0.1) is 11.3 Å². The van der Waals surface area contributed by atoms with E-state index in [2.05, 4.69) is 15.2 Å². The summed E-state index contributed by atoms with van der Waals surface area (Å²) in [4.78, 5) is 33.5. The molecule has 1 aromatic carbocycles. The molecule has 6 nitrogen and oxygen atoms in total. The maximum Gasteiger partial charge on any atom is 0.273 e. The number of hydrogen-bond donors (Lipinski definition) is 1. The van der Waals surface area contributed by atoms with Crippen LogP contribution in [-0.4, -0.2) is 58.8 Å². The molecule has 2 aliphatic rings. The molecule has 0 spiro atoms. The molecule has 2 fully saturated rings. The van der Waals surface area contributed by atoms with Crippen molar-refractivity contribution in [2.24, 2.45) is 0 Å². The Bertz CT molecular complexity index is 906. The van der Waals surface area contributed by atoms with E-state index in [-0.39, 0.29) is 22.3 Å². The lowest BCUT2D eigenvalue weighted by molar-refractivity contribution is 0.0639. The molecule has 2 aromatic rings. The largest absolute Gasteiger partial charge is 0.337 e. The molecule has 1 aromatic heterocycles. The molecule has 154 valence electrons. The summed E-state index contributed by atoms with van der Waals surface area (Å²) in [5, 5.41) is 4.38. The molecule has 29 heavy (non-hydrogen) atoms. The number of nitrogens with zero attached hydrogens (tertiary/aromatic N) is 3. The summed E-state index contributed by atoms with van der Waals surface area (Å²) in [6.45, 7) is 3.72. The number of hydrogen-bond acceptors (Lipinski definition) is 5. The van der Waals surface area contributed by atoms with Gasteiger partial charge < -0.3 is 9.80 Å². The first-order valence-electron chi connectivity index (χ1n) is 9.76. The zero-order valence-electron chi connectivity index (χ0n) is 15.9. The first kappa shape index (κ1) is 19.9. The fraction of sp³-hybridized carbons (Fsp3) is 0.450. The van der Waals surface area contributed by atoms with Gasteiger partial charge in [-0.25, -0.2) is 13.8 Å². The highest BCUT2D eigenvalue weighted by Gasteiger charge is 2.29. The van der Waals surface area contributed by atoms with Crippen LogP contribution in [0.15, 0.2) is 23.6 Å². The highest BCUT2D eigenvalue weighted by Crippen LogP contribution is 2.23. The molecule has 2 saturated heterocycles. The maximum atomic E-state index is 13.3. The lowest BCUT2D eigenvalue weighted by Crippen LogP contribution is -2.46. The van der Waals surface area contributed by atoms with Gasteiger partial charge in [-0.05, 0) is 57.0 Å². The molecule has 3 heterocycles. The number of aromatic nitrogens is 1. The van der Waals surface area contributed by atoms with Gasteiger partial charge in [0.15, 0.2) is 16.8 Å². The molecule has 0 atom stereocenters. The van der Waals surface area contributed by atoms with Crippen molar-refractivity contribution >= 4 is 28.3 Å². The molecule has 4 rings (SSSR count). The van der Waals surface area contributed by atoms with Crippen molar-refractivity contribution in [3.05, 3.63) is 46.5 Å². The van der Waals surface area contributed by atoms with E-state index < -0.39 is 17.5 Å². The Labute approximate surface area is 171 Å². The first-order valence-corrected chi connectivity index (χ1v) is 10.6. The first-order chi connectivity index (χ1) is 14.0. The van der Waals surface area contributed by atoms with E-state index >= 15 is 0 Å². The zero-order chi connectivity index (χ0) is 20.4. The second-order valence-corrected chi connectivity index (χ2v) is 8.25. The number of anilines is 1. The Balaban J connectivity index is 1.34. The molecular formula is C20H22F2N4O2S. The minimum absolute atomic E-state index is 0.0176. The van der Waals surface area contributed by atoms with Crippen LogP contribution in [0.5, 0.6) is 0 Å². The number of amides is 2. The Hall–Kier alpha value is -2.39. The Morgan fingerprint density at radius 3 is 2.48 bits per heavy atom. The average Bonchev–Trinajstić information content (AvgIpc) is 3.42. The average molecular weight is 420 g/mol. The molecule has 1 N–H and O–H groups in total. The van der Waals surface area contributed by atoms with Gasteiger partial charge >= 0.3 is 0 Å². The van der Waals surface area contributed by atoms with E-state index in [9.17, 15) is 18.4 Å². The third-order valence-electron chi connectivity index (χ3n) is 5.53. The van der Waals surface area contributed by atoms with Crippen LogP contribution in [0, 0.1) is 11.6 Å². The topological polar surface area (TPSA) is 65.5 Å². The van der Waals surface area contributed by atoms with Gasteiger partial charge in [-0.3, -0.25) is 14.9 Å². The third-order valence-corrected chi connectivity index (χ3v) is 6.29. The molecule has 2 amide bonds. The van der Waals surface area contributed by atoms with Gasteiger partial charge in [0, 0.05) is 30.1 Å². The predicted molar refractivity (Wildman–Crippen MR) is 106 cm³/mol. The molecule has 0 aliphatic carbocycles. The quantitative estimate of drug-likeness (QED) is 0.824. The number of rotatable bonds is 4. The van der Waals surface area contributed by atoms with Crippen LogP contribution in [0.2, 0.25) is 0 Å². The number of benzene rings is 1. The molecule has 0 bridgehead atoms. The van der Waals surface area contributed by atoms with Crippen LogP contribution in [-0.2, 0) is 0 Å². The molecular weight excluding hydrogens is 398 g/mol. The number of likely N-dealkylation sites (tertiary alicyclic amines) is 2. The minimum Gasteiger partial charge on any atom is -0.337 e. The van der Waals surface area contributed by atoms with Crippen molar-refractivity contribution in [3.63, 3.8) is 0 Å². The van der Waals surface area contributed by atoms with Gasteiger partial charge in [0.25, 0.3) is 11.8 Å². The summed E-state index contributed by atoms with van der Waals surface area (Å²) in [5.41, 5.74) is 0.270. The normalized spacial score (nSPS) is 18.2. The van der Waals surface area contributed by atoms with Crippen molar-refractivity contribution in [2.45, 2.75) is 31.7 Å². The number of carbonyl (C=O) groups excluding carboxylic acids is 2. The van der Waals surface area contributed by atoms with Gasteiger partial charge in [0.2, 0.25) is 0 Å². The summed E-state index contributed by atoms with van der Waals surface area (Å²) in [6.07, 6.45) is 4.46. The number of carbonyl (C=O) groups is 2. The lowest BCUT2D eigenvalue weighted by atomic mass is 10.0. The summed E-state index contributed by atoms with van der Waals surface area (Å²) in [6, 6.07) is 3.47. The van der Waals surface area contributed by atoms with E-state index in [1.165, 1.54) is 18.9 Å². The van der Waals surface area contributed by atoms with Crippen molar-refractivity contribution in [1.82, 2.24) is 14.8 Å². The molecule has 9 heteroatoms. The predicted octanol–water partition coefficient (Wildman–Crippen LogP) is 3.37. The zero-order valence-corrected chi connectivity index (χ0v) is 16.7. The smallest absolute Gasteiger partial charge is 0.273 e. The lowest BCUT2D eigenvalue weighted by Gasteiger charge is -2.36. The van der Waals surface area contributed by atoms with Crippen LogP contribution >= 0.6 is 11.3 Å². The SMILES string of the molecule is O=C(Nc1nc(C(=O)N2CCC(N3CCCC3)CC2)cs1)c1ccc(F)c(F)c1. The van der Waals surface area contributed by atoms with E-state index in [0.29, 0.717) is 19.1 Å². The fourth-order valence-corrected chi connectivity index (χ4v) is 4.62. The maximum absolute atomic E-state index is 13.3. The van der Waals surface area contributed by atoms with Gasteiger partial charge in [0.05, 0.1) is 0 Å². The van der Waals surface area contributed by atoms with Crippen LogP contribution in [0.3, 0.4) is 0 Å². The monoisotopic (exact) mass is 420 g/mol. The van der Waals surface area contributed by atoms with Crippen molar-refractivity contribution in [3.8, 4) is 0 Å². The second kappa shape index (κ2) is 8.54. The van der Waals surface area contributed by atoms with E-state index in [1.54, 1.807) is 5.38 Å². The van der Waals surface area contributed by atoms with E-state index in [0.717, 1.165) is 49.4 Å². The van der Waals surface area contributed by atoms with Crippen molar-refractivity contribution in [1.29, 1.82) is 0 Å². The number of piperidine rings is 1. The second-order valence-electron chi connectivity index (χ2n) is 7.39. The van der Waals surface area contributed by atoms with Crippen LogP contribution < -0.4 is 5.32 Å². The fourth-order valence-electron chi connectivity index (χ4n) is 3.94. The molecule has 0 saturated carbocycles. The summed E-state index contributed by atoms with van der Waals surface area (Å²) in [5.74, 6) is -2.86. The number of halogens is 2. The Morgan fingerprint density at radius 1 is 1.07 bits per heavy atom. The van der Waals surface area contributed by atoms with Crippen LogP contribution in [0.4, 0.5) is 13.9 Å². The highest BCUT2D eigenvalue weighted by atomic mass is 32.1. The van der Waals surface area contributed by atoms with Gasteiger partial charge in [0.1, 0.15) is 5.69 Å². The van der Waals surface area contributed by atoms with Gasteiger partial charge in [-0.2, -0.15) is 0 Å². The van der Waals surface area contributed by atoms with Crippen LogP contribution in [0.1, 0.15) is 46.5 Å². The molecule has 0 unspecified atom stereocenters. The molecule has 0 radical (unpaired) electrons. The Kier molecular flexibility index (Phi) is 5.86. The van der Waals surface area contributed by atoms with E-state index in [1.807, 2.05) is 4.90 Å². The summed E-state index contributed by atoms with van der Waals surface area (Å²) in [7, 11) is 0. The standard InChI is InChI=1S/C20H22F2N4O2S/c21-15-4-3-13(11-16(15)22)18(27)24-20-23-17(12-29-20)19(28)26-9-5-14(6-10-26)25-7-1-2-8-25/h3-4,11-12,14H,1-2,5-10H2,(H,23,24,27). The van der Waals surface area contributed by atoms with E-state index in [4.69, 9.17) is 0 Å². The third kappa shape index (κ3) is 4.45. The molecule has 2 aliphatic heterocycles. The number of nitrogens with one attached hydrogen (secondary N) is 1.